The van der Waals surface area contributed by atoms with E-state index < -0.39 is 12.1 Å². The predicted molar refractivity (Wildman–Crippen MR) is 124 cm³/mol. The summed E-state index contributed by atoms with van der Waals surface area (Å²) in [7, 11) is 0. The first-order chi connectivity index (χ1) is 15.9. The van der Waals surface area contributed by atoms with E-state index in [-0.39, 0.29) is 23.9 Å². The Morgan fingerprint density at radius 1 is 1.21 bits per heavy atom. The summed E-state index contributed by atoms with van der Waals surface area (Å²) in [6.45, 7) is 2.01. The average Bonchev–Trinajstić information content (AvgIpc) is 2.78. The molecule has 10 nitrogen and oxygen atoms in total. The number of carboxylic acid groups (broad SMARTS) is 1. The molecule has 0 aliphatic carbocycles. The van der Waals surface area contributed by atoms with Gasteiger partial charge in [0.2, 0.25) is 5.95 Å². The summed E-state index contributed by atoms with van der Waals surface area (Å²) >= 11 is 6.40. The van der Waals surface area contributed by atoms with Crippen LogP contribution in [0.4, 0.5) is 16.6 Å². The molecular formula is C22H19ClN6O4. The van der Waals surface area contributed by atoms with E-state index in [0.717, 1.165) is 11.1 Å². The van der Waals surface area contributed by atoms with E-state index >= 15 is 0 Å². The number of ether oxygens (including phenoxy) is 1. The van der Waals surface area contributed by atoms with Gasteiger partial charge in [-0.3, -0.25) is 15.1 Å². The zero-order valence-corrected chi connectivity index (χ0v) is 18.1. The second-order valence-corrected chi connectivity index (χ2v) is 7.50. The molecule has 4 N–H and O–H groups in total. The maximum absolute atomic E-state index is 12.7. The van der Waals surface area contributed by atoms with Crippen LogP contribution in [0.3, 0.4) is 0 Å². The predicted octanol–water partition coefficient (Wildman–Crippen LogP) is 4.21. The van der Waals surface area contributed by atoms with Gasteiger partial charge < -0.3 is 20.1 Å². The number of anilines is 2. The van der Waals surface area contributed by atoms with Gasteiger partial charge in [-0.1, -0.05) is 17.7 Å². The molecule has 0 radical (unpaired) electrons. The van der Waals surface area contributed by atoms with Gasteiger partial charge >= 0.3 is 6.09 Å². The van der Waals surface area contributed by atoms with Crippen molar-refractivity contribution in [3.63, 3.8) is 0 Å². The molecular weight excluding hydrogens is 448 g/mol. The maximum Gasteiger partial charge on any atom is 0.410 e. The first-order valence-electron chi connectivity index (χ1n) is 9.88. The first-order valence-corrected chi connectivity index (χ1v) is 10.3. The Labute approximate surface area is 192 Å². The molecule has 4 aromatic rings. The van der Waals surface area contributed by atoms with Crippen LogP contribution in [0.1, 0.15) is 24.2 Å². The Morgan fingerprint density at radius 3 is 2.82 bits per heavy atom. The minimum atomic E-state index is -1.24. The highest BCUT2D eigenvalue weighted by atomic mass is 35.5. The number of carbonyl (C=O) groups is 1. The number of nitrogens with zero attached hydrogens (tertiary/aromatic N) is 3. The smallest absolute Gasteiger partial charge is 0.410 e. The molecule has 33 heavy (non-hydrogen) atoms. The van der Waals surface area contributed by atoms with Gasteiger partial charge in [0.15, 0.2) is 0 Å². The third-order valence-corrected chi connectivity index (χ3v) is 5.03. The lowest BCUT2D eigenvalue weighted by Gasteiger charge is -2.15. The number of pyridine rings is 2. The number of H-pyrrole nitrogens is 1. The van der Waals surface area contributed by atoms with Gasteiger partial charge in [0.05, 0.1) is 22.3 Å². The number of halogens is 1. The molecule has 0 fully saturated rings. The van der Waals surface area contributed by atoms with Crippen molar-refractivity contribution in [2.75, 3.05) is 10.6 Å². The minimum absolute atomic E-state index is 0.115. The molecule has 11 heteroatoms. The van der Waals surface area contributed by atoms with E-state index in [1.54, 1.807) is 31.3 Å². The summed E-state index contributed by atoms with van der Waals surface area (Å²) in [4.78, 5) is 38.7. The molecule has 0 spiro atoms. The van der Waals surface area contributed by atoms with Crippen LogP contribution < -0.4 is 20.9 Å². The number of amides is 1. The first kappa shape index (κ1) is 22.0. The normalized spacial score (nSPS) is 11.7. The van der Waals surface area contributed by atoms with E-state index in [0.29, 0.717) is 21.9 Å². The summed E-state index contributed by atoms with van der Waals surface area (Å²) in [5.41, 5.74) is 1.45. The molecule has 168 valence electrons. The molecule has 3 aromatic heterocycles. The Morgan fingerprint density at radius 2 is 2.06 bits per heavy atom. The largest absolute Gasteiger partial charge is 0.486 e. The van der Waals surface area contributed by atoms with Crippen molar-refractivity contribution in [2.24, 2.45) is 0 Å². The van der Waals surface area contributed by atoms with Crippen LogP contribution in [0, 0.1) is 0 Å². The van der Waals surface area contributed by atoms with Crippen molar-refractivity contribution in [3.05, 3.63) is 81.5 Å². The van der Waals surface area contributed by atoms with E-state index in [4.69, 9.17) is 21.4 Å². The number of aromatic amines is 1. The number of benzene rings is 1. The fraction of sp³-hybridized carbons (Fsp3) is 0.136. The summed E-state index contributed by atoms with van der Waals surface area (Å²) in [6.07, 6.45) is 1.85. The van der Waals surface area contributed by atoms with Crippen LogP contribution in [0.2, 0.25) is 5.02 Å². The third-order valence-electron chi connectivity index (χ3n) is 4.73. The quantitative estimate of drug-likeness (QED) is 0.317. The Hall–Kier alpha value is -4.18. The summed E-state index contributed by atoms with van der Waals surface area (Å²) in [5.74, 6) is 0.717. The molecule has 0 saturated carbocycles. The zero-order valence-electron chi connectivity index (χ0n) is 17.4. The van der Waals surface area contributed by atoms with Crippen LogP contribution >= 0.6 is 11.6 Å². The number of hydrogen-bond donors (Lipinski definition) is 4. The lowest BCUT2D eigenvalue weighted by Crippen LogP contribution is -2.20. The molecule has 0 bridgehead atoms. The number of hydrogen-bond acceptors (Lipinski definition) is 7. The van der Waals surface area contributed by atoms with Crippen molar-refractivity contribution in [3.8, 4) is 5.75 Å². The third kappa shape index (κ3) is 5.36. The van der Waals surface area contributed by atoms with Gasteiger partial charge in [0.25, 0.3) is 5.56 Å². The molecule has 0 aliphatic rings. The fourth-order valence-corrected chi connectivity index (χ4v) is 3.40. The van der Waals surface area contributed by atoms with Crippen molar-refractivity contribution in [2.45, 2.75) is 19.6 Å². The standard InChI is InChI=1S/C22H19ClN6O4/c1-12(26-21-25-7-5-19(28-21)29-22(31)32)15-8-13-9-16(23)18(10-17(13)27-20(15)30)33-11-14-4-2-3-6-24-14/h2-10,12H,11H2,1H3,(H,27,30)(H,31,32)(H2,25,26,28,29)/t12-/m0/s1. The second-order valence-electron chi connectivity index (χ2n) is 7.10. The van der Waals surface area contributed by atoms with Crippen molar-refractivity contribution in [1.29, 1.82) is 0 Å². The zero-order chi connectivity index (χ0) is 23.4. The van der Waals surface area contributed by atoms with Crippen molar-refractivity contribution < 1.29 is 14.6 Å². The lowest BCUT2D eigenvalue weighted by molar-refractivity contribution is 0.209. The van der Waals surface area contributed by atoms with Crippen LogP contribution in [-0.2, 0) is 6.61 Å². The minimum Gasteiger partial charge on any atom is -0.486 e. The summed E-state index contributed by atoms with van der Waals surface area (Å²) < 4.78 is 5.77. The number of fused-ring (bicyclic) bond motifs is 1. The van der Waals surface area contributed by atoms with Crippen LogP contribution in [0.5, 0.6) is 5.75 Å². The highest BCUT2D eigenvalue weighted by Crippen LogP contribution is 2.30. The van der Waals surface area contributed by atoms with Gasteiger partial charge in [0.1, 0.15) is 18.2 Å². The molecule has 1 amide bonds. The highest BCUT2D eigenvalue weighted by molar-refractivity contribution is 6.32. The van der Waals surface area contributed by atoms with E-state index in [1.807, 2.05) is 18.2 Å². The van der Waals surface area contributed by atoms with Crippen LogP contribution in [-0.4, -0.2) is 31.1 Å². The Kier molecular flexibility index (Phi) is 6.36. The average molecular weight is 467 g/mol. The van der Waals surface area contributed by atoms with Gasteiger partial charge in [-0.05, 0) is 37.3 Å². The van der Waals surface area contributed by atoms with Gasteiger partial charge in [0, 0.05) is 29.4 Å². The van der Waals surface area contributed by atoms with Gasteiger partial charge in [-0.15, -0.1) is 0 Å². The van der Waals surface area contributed by atoms with Crippen LogP contribution in [0.15, 0.2) is 59.7 Å². The molecule has 0 unspecified atom stereocenters. The molecule has 3 heterocycles. The van der Waals surface area contributed by atoms with E-state index in [2.05, 4.69) is 30.6 Å². The lowest BCUT2D eigenvalue weighted by atomic mass is 10.1. The molecule has 0 aliphatic heterocycles. The molecule has 1 aromatic carbocycles. The van der Waals surface area contributed by atoms with Gasteiger partial charge in [-0.2, -0.15) is 4.98 Å². The number of aromatic nitrogens is 4. The Bertz CT molecular complexity index is 1360. The van der Waals surface area contributed by atoms with Crippen molar-refractivity contribution >= 4 is 40.4 Å². The Balaban J connectivity index is 1.56. The van der Waals surface area contributed by atoms with Gasteiger partial charge in [-0.25, -0.2) is 9.78 Å². The molecule has 1 atom stereocenters. The number of rotatable bonds is 7. The maximum atomic E-state index is 12.7. The van der Waals surface area contributed by atoms with E-state index in [1.165, 1.54) is 12.3 Å². The molecule has 0 saturated heterocycles. The van der Waals surface area contributed by atoms with E-state index in [9.17, 15) is 9.59 Å². The topological polar surface area (TPSA) is 142 Å². The van der Waals surface area contributed by atoms with Crippen LogP contribution in [0.25, 0.3) is 10.9 Å². The fourth-order valence-electron chi connectivity index (χ4n) is 3.17. The second kappa shape index (κ2) is 9.53. The monoisotopic (exact) mass is 466 g/mol. The molecule has 4 rings (SSSR count). The summed E-state index contributed by atoms with van der Waals surface area (Å²) in [5, 5.41) is 15.1. The van der Waals surface area contributed by atoms with Crippen molar-refractivity contribution in [1.82, 2.24) is 19.9 Å². The SMILES string of the molecule is C[C@H](Nc1nccc(NC(=O)O)n1)c1cc2cc(Cl)c(OCc3ccccn3)cc2[nH]c1=O. The number of nitrogens with one attached hydrogen (secondary N) is 3. The summed E-state index contributed by atoms with van der Waals surface area (Å²) in [6, 6.07) is 11.6. The highest BCUT2D eigenvalue weighted by Gasteiger charge is 2.15.